The number of thiazole rings is 1. The minimum Gasteiger partial charge on any atom is -0.289 e. The third-order valence-corrected chi connectivity index (χ3v) is 5.25. The van der Waals surface area contributed by atoms with E-state index in [4.69, 9.17) is 4.98 Å². The molecule has 0 saturated heterocycles. The van der Waals surface area contributed by atoms with Crippen LogP contribution in [-0.2, 0) is 0 Å². The number of ketones is 1. The summed E-state index contributed by atoms with van der Waals surface area (Å²) < 4.78 is 1.13. The minimum absolute atomic E-state index is 0.0432. The maximum Gasteiger partial charge on any atom is 0.193 e. The van der Waals surface area contributed by atoms with Crippen LogP contribution in [-0.4, -0.2) is 10.8 Å². The summed E-state index contributed by atoms with van der Waals surface area (Å²) in [5, 5.41) is 0.884. The average Bonchev–Trinajstić information content (AvgIpc) is 3.04. The van der Waals surface area contributed by atoms with Gasteiger partial charge in [-0.1, -0.05) is 53.6 Å². The van der Waals surface area contributed by atoms with Crippen molar-refractivity contribution in [3.05, 3.63) is 89.0 Å². The zero-order valence-electron chi connectivity index (χ0n) is 14.1. The van der Waals surface area contributed by atoms with Crippen molar-refractivity contribution in [3.8, 4) is 10.6 Å². The molecule has 0 fully saturated rings. The Kier molecular flexibility index (Phi) is 3.94. The molecule has 0 spiro atoms. The highest BCUT2D eigenvalue weighted by molar-refractivity contribution is 7.21. The van der Waals surface area contributed by atoms with Crippen LogP contribution in [0.3, 0.4) is 0 Å². The summed E-state index contributed by atoms with van der Waals surface area (Å²) in [6.07, 6.45) is 0. The van der Waals surface area contributed by atoms with E-state index in [2.05, 4.69) is 12.1 Å². The predicted molar refractivity (Wildman–Crippen MR) is 104 cm³/mol. The standard InChI is InChI=1S/C22H17NOS/c1-14-11-15(2)13-16(12-14)21(24)17-7-3-4-8-18(17)22-23-19-9-5-6-10-20(19)25-22/h3-13H,1-2H3. The SMILES string of the molecule is Cc1cc(C)cc(C(=O)c2ccccc2-c2nc3ccccc3s2)c1. The van der Waals surface area contributed by atoms with Gasteiger partial charge in [-0.25, -0.2) is 4.98 Å². The molecule has 3 heteroatoms. The lowest BCUT2D eigenvalue weighted by atomic mass is 9.96. The molecule has 0 saturated carbocycles. The smallest absolute Gasteiger partial charge is 0.193 e. The van der Waals surface area contributed by atoms with Crippen molar-refractivity contribution >= 4 is 27.3 Å². The number of carbonyl (C=O) groups excluding carboxylic acids is 1. The normalized spacial score (nSPS) is 11.0. The fourth-order valence-corrected chi connectivity index (χ4v) is 4.12. The second kappa shape index (κ2) is 6.26. The Morgan fingerprint density at radius 3 is 2.32 bits per heavy atom. The van der Waals surface area contributed by atoms with Gasteiger partial charge < -0.3 is 0 Å². The fraction of sp³-hybridized carbons (Fsp3) is 0.0909. The van der Waals surface area contributed by atoms with Crippen molar-refractivity contribution in [3.63, 3.8) is 0 Å². The highest BCUT2D eigenvalue weighted by atomic mass is 32.1. The van der Waals surface area contributed by atoms with Crippen molar-refractivity contribution in [1.29, 1.82) is 0 Å². The summed E-state index contributed by atoms with van der Waals surface area (Å²) in [6, 6.07) is 21.8. The highest BCUT2D eigenvalue weighted by Gasteiger charge is 2.17. The zero-order chi connectivity index (χ0) is 17.4. The van der Waals surface area contributed by atoms with Crippen molar-refractivity contribution in [1.82, 2.24) is 4.98 Å². The van der Waals surface area contributed by atoms with Gasteiger partial charge in [0, 0.05) is 16.7 Å². The largest absolute Gasteiger partial charge is 0.289 e. The number of para-hydroxylation sites is 1. The molecule has 25 heavy (non-hydrogen) atoms. The lowest BCUT2D eigenvalue weighted by Gasteiger charge is -2.08. The molecule has 0 amide bonds. The second-order valence-corrected chi connectivity index (χ2v) is 7.27. The second-order valence-electron chi connectivity index (χ2n) is 6.24. The Labute approximate surface area is 150 Å². The van der Waals surface area contributed by atoms with Gasteiger partial charge >= 0.3 is 0 Å². The Hall–Kier alpha value is -2.78. The van der Waals surface area contributed by atoms with E-state index in [-0.39, 0.29) is 5.78 Å². The fourth-order valence-electron chi connectivity index (χ4n) is 3.12. The molecule has 4 rings (SSSR count). The first-order valence-corrected chi connectivity index (χ1v) is 9.01. The molecule has 0 unspecified atom stereocenters. The summed E-state index contributed by atoms with van der Waals surface area (Å²) in [7, 11) is 0. The van der Waals surface area contributed by atoms with E-state index in [9.17, 15) is 4.79 Å². The summed E-state index contributed by atoms with van der Waals surface area (Å²) in [5.41, 5.74) is 5.49. The van der Waals surface area contributed by atoms with Crippen LogP contribution in [0.2, 0.25) is 0 Å². The van der Waals surface area contributed by atoms with E-state index in [0.717, 1.165) is 37.5 Å². The van der Waals surface area contributed by atoms with E-state index in [1.807, 2.05) is 68.4 Å². The number of benzene rings is 3. The van der Waals surface area contributed by atoms with Gasteiger partial charge in [0.15, 0.2) is 5.78 Å². The number of aryl methyl sites for hydroxylation is 2. The first kappa shape index (κ1) is 15.7. The van der Waals surface area contributed by atoms with Crippen molar-refractivity contribution in [2.24, 2.45) is 0 Å². The number of fused-ring (bicyclic) bond motifs is 1. The number of hydrogen-bond donors (Lipinski definition) is 0. The number of nitrogens with zero attached hydrogens (tertiary/aromatic N) is 1. The quantitative estimate of drug-likeness (QED) is 0.439. The monoisotopic (exact) mass is 343 g/mol. The lowest BCUT2D eigenvalue weighted by molar-refractivity contribution is 0.103. The maximum absolute atomic E-state index is 13.1. The van der Waals surface area contributed by atoms with Crippen LogP contribution in [0, 0.1) is 13.8 Å². The van der Waals surface area contributed by atoms with Gasteiger partial charge in [0.1, 0.15) is 5.01 Å². The third kappa shape index (κ3) is 2.99. The van der Waals surface area contributed by atoms with E-state index < -0.39 is 0 Å². The minimum atomic E-state index is 0.0432. The molecule has 0 aliphatic carbocycles. The maximum atomic E-state index is 13.1. The molecule has 0 aliphatic heterocycles. The van der Waals surface area contributed by atoms with E-state index in [1.54, 1.807) is 11.3 Å². The molecule has 1 heterocycles. The highest BCUT2D eigenvalue weighted by Crippen LogP contribution is 2.33. The van der Waals surface area contributed by atoms with Gasteiger partial charge in [-0.3, -0.25) is 4.79 Å². The Bertz CT molecular complexity index is 1040. The van der Waals surface area contributed by atoms with Crippen LogP contribution in [0.5, 0.6) is 0 Å². The number of hydrogen-bond acceptors (Lipinski definition) is 3. The van der Waals surface area contributed by atoms with Crippen LogP contribution in [0.4, 0.5) is 0 Å². The lowest BCUT2D eigenvalue weighted by Crippen LogP contribution is -2.04. The Morgan fingerprint density at radius 1 is 0.880 bits per heavy atom. The predicted octanol–water partition coefficient (Wildman–Crippen LogP) is 5.81. The van der Waals surface area contributed by atoms with Gasteiger partial charge in [-0.05, 0) is 38.1 Å². The van der Waals surface area contributed by atoms with E-state index in [0.29, 0.717) is 5.56 Å². The van der Waals surface area contributed by atoms with Crippen molar-refractivity contribution in [2.45, 2.75) is 13.8 Å². The van der Waals surface area contributed by atoms with Gasteiger partial charge in [-0.15, -0.1) is 11.3 Å². The molecule has 0 bridgehead atoms. The molecule has 122 valence electrons. The van der Waals surface area contributed by atoms with Crippen LogP contribution in [0.25, 0.3) is 20.8 Å². The van der Waals surface area contributed by atoms with Gasteiger partial charge in [-0.2, -0.15) is 0 Å². The summed E-state index contributed by atoms with van der Waals surface area (Å²) >= 11 is 1.62. The first-order chi connectivity index (χ1) is 12.1. The molecule has 4 aromatic rings. The van der Waals surface area contributed by atoms with Gasteiger partial charge in [0.05, 0.1) is 10.2 Å². The topological polar surface area (TPSA) is 30.0 Å². The Morgan fingerprint density at radius 2 is 1.56 bits per heavy atom. The molecule has 0 N–H and O–H groups in total. The summed E-state index contributed by atoms with van der Waals surface area (Å²) in [4.78, 5) is 17.9. The molecule has 0 radical (unpaired) electrons. The molecule has 2 nitrogen and oxygen atoms in total. The van der Waals surface area contributed by atoms with E-state index >= 15 is 0 Å². The molecular formula is C22H17NOS. The van der Waals surface area contributed by atoms with Gasteiger partial charge in [0.25, 0.3) is 0 Å². The molecule has 3 aromatic carbocycles. The third-order valence-electron chi connectivity index (χ3n) is 4.18. The van der Waals surface area contributed by atoms with Crippen molar-refractivity contribution in [2.75, 3.05) is 0 Å². The van der Waals surface area contributed by atoms with Crippen LogP contribution in [0.1, 0.15) is 27.0 Å². The van der Waals surface area contributed by atoms with Crippen LogP contribution in [0.15, 0.2) is 66.7 Å². The average molecular weight is 343 g/mol. The number of carbonyl (C=O) groups is 1. The summed E-state index contributed by atoms with van der Waals surface area (Å²) in [6.45, 7) is 4.03. The number of rotatable bonds is 3. The van der Waals surface area contributed by atoms with Gasteiger partial charge in [0.2, 0.25) is 0 Å². The van der Waals surface area contributed by atoms with Crippen LogP contribution >= 0.6 is 11.3 Å². The van der Waals surface area contributed by atoms with Crippen LogP contribution < -0.4 is 0 Å². The molecular weight excluding hydrogens is 326 g/mol. The Balaban J connectivity index is 1.85. The molecule has 0 aliphatic rings. The molecule has 0 atom stereocenters. The molecule has 1 aromatic heterocycles. The summed E-state index contributed by atoms with van der Waals surface area (Å²) in [5.74, 6) is 0.0432. The zero-order valence-corrected chi connectivity index (χ0v) is 14.9. The van der Waals surface area contributed by atoms with E-state index in [1.165, 1.54) is 0 Å². The first-order valence-electron chi connectivity index (χ1n) is 8.20. The number of aromatic nitrogens is 1. The van der Waals surface area contributed by atoms with Crippen molar-refractivity contribution < 1.29 is 4.79 Å².